The molecule has 32 heavy (non-hydrogen) atoms. The molecule has 0 aromatic heterocycles. The third-order valence-corrected chi connectivity index (χ3v) is 4.66. The van der Waals surface area contributed by atoms with Crippen molar-refractivity contribution in [3.05, 3.63) is 77.9 Å². The van der Waals surface area contributed by atoms with Gasteiger partial charge < -0.3 is 19.5 Å². The van der Waals surface area contributed by atoms with E-state index in [0.29, 0.717) is 23.7 Å². The van der Waals surface area contributed by atoms with E-state index in [0.717, 1.165) is 17.7 Å². The maximum Gasteiger partial charge on any atom is 0.416 e. The molecule has 0 bridgehead atoms. The Hall–Kier alpha value is -3.68. The van der Waals surface area contributed by atoms with Crippen LogP contribution in [0.3, 0.4) is 0 Å². The van der Waals surface area contributed by atoms with Crippen molar-refractivity contribution in [1.82, 2.24) is 0 Å². The second kappa shape index (κ2) is 10.1. The minimum Gasteiger partial charge on any atom is -0.497 e. The molecule has 3 aromatic rings. The third-order valence-electron chi connectivity index (χ3n) is 4.66. The van der Waals surface area contributed by atoms with Gasteiger partial charge in [-0.05, 0) is 48.4 Å². The van der Waals surface area contributed by atoms with Crippen molar-refractivity contribution in [3.63, 3.8) is 0 Å². The van der Waals surface area contributed by atoms with Crippen LogP contribution in [0.4, 0.5) is 18.9 Å². The molecule has 0 saturated carbocycles. The number of carbonyl (C=O) groups is 1. The van der Waals surface area contributed by atoms with Gasteiger partial charge in [0, 0.05) is 12.5 Å². The van der Waals surface area contributed by atoms with Crippen molar-refractivity contribution < 1.29 is 32.2 Å². The number of aryl methyl sites for hydroxylation is 1. The van der Waals surface area contributed by atoms with Crippen LogP contribution in [-0.4, -0.2) is 20.1 Å². The normalized spacial score (nSPS) is 11.0. The highest BCUT2D eigenvalue weighted by molar-refractivity contribution is 5.92. The average Bonchev–Trinajstić information content (AvgIpc) is 2.78. The van der Waals surface area contributed by atoms with E-state index in [1.165, 1.54) is 20.3 Å². The summed E-state index contributed by atoms with van der Waals surface area (Å²) in [7, 11) is 3.02. The largest absolute Gasteiger partial charge is 0.497 e. The Kier molecular flexibility index (Phi) is 7.25. The number of carbonyl (C=O) groups excluding carboxylic acids is 1. The second-order valence-electron chi connectivity index (χ2n) is 6.85. The molecule has 0 spiro atoms. The summed E-state index contributed by atoms with van der Waals surface area (Å²) in [6, 6.07) is 16.8. The first-order valence-electron chi connectivity index (χ1n) is 9.75. The van der Waals surface area contributed by atoms with Crippen LogP contribution in [0.5, 0.6) is 23.0 Å². The first kappa shape index (κ1) is 23.0. The second-order valence-corrected chi connectivity index (χ2v) is 6.85. The fourth-order valence-electron chi connectivity index (χ4n) is 3.06. The summed E-state index contributed by atoms with van der Waals surface area (Å²) in [5.74, 6) is 1.15. The molecule has 1 N–H and O–H groups in total. The van der Waals surface area contributed by atoms with Gasteiger partial charge in [-0.1, -0.05) is 24.3 Å². The van der Waals surface area contributed by atoms with E-state index in [1.807, 2.05) is 18.2 Å². The van der Waals surface area contributed by atoms with Crippen molar-refractivity contribution in [2.75, 3.05) is 19.5 Å². The zero-order valence-electron chi connectivity index (χ0n) is 17.5. The fourth-order valence-corrected chi connectivity index (χ4v) is 3.06. The molecule has 8 heteroatoms. The molecule has 0 saturated heterocycles. The van der Waals surface area contributed by atoms with Gasteiger partial charge in [-0.25, -0.2) is 0 Å². The number of hydrogen-bond acceptors (Lipinski definition) is 4. The predicted molar refractivity (Wildman–Crippen MR) is 114 cm³/mol. The molecule has 0 aliphatic heterocycles. The number of anilines is 1. The highest BCUT2D eigenvalue weighted by Gasteiger charge is 2.31. The van der Waals surface area contributed by atoms with E-state index in [9.17, 15) is 18.0 Å². The van der Waals surface area contributed by atoms with Gasteiger partial charge in [-0.2, -0.15) is 13.2 Å². The Bertz CT molecular complexity index is 1080. The molecule has 0 fully saturated rings. The number of ether oxygens (including phenoxy) is 3. The van der Waals surface area contributed by atoms with Crippen LogP contribution in [0.2, 0.25) is 0 Å². The zero-order chi connectivity index (χ0) is 23.1. The summed E-state index contributed by atoms with van der Waals surface area (Å²) in [4.78, 5) is 12.5. The van der Waals surface area contributed by atoms with Crippen molar-refractivity contribution in [2.45, 2.75) is 19.0 Å². The van der Waals surface area contributed by atoms with E-state index in [-0.39, 0.29) is 17.9 Å². The van der Waals surface area contributed by atoms with Crippen LogP contribution < -0.4 is 19.5 Å². The van der Waals surface area contributed by atoms with Gasteiger partial charge >= 0.3 is 6.18 Å². The molecule has 0 aliphatic rings. The smallest absolute Gasteiger partial charge is 0.416 e. The number of benzene rings is 3. The minimum atomic E-state index is -4.56. The highest BCUT2D eigenvalue weighted by Crippen LogP contribution is 2.37. The van der Waals surface area contributed by atoms with Gasteiger partial charge in [-0.3, -0.25) is 4.79 Å². The Labute approximate surface area is 183 Å². The summed E-state index contributed by atoms with van der Waals surface area (Å²) in [6.07, 6.45) is -4.15. The summed E-state index contributed by atoms with van der Waals surface area (Å²) in [6.45, 7) is 0. The predicted octanol–water partition coefficient (Wildman–Crippen LogP) is 6.09. The Balaban J connectivity index is 1.81. The number of rotatable bonds is 8. The molecule has 3 aromatic carbocycles. The van der Waals surface area contributed by atoms with E-state index in [2.05, 4.69) is 5.32 Å². The maximum atomic E-state index is 13.2. The number of alkyl halides is 3. The lowest BCUT2D eigenvalue weighted by atomic mass is 10.1. The molecule has 3 rings (SSSR count). The van der Waals surface area contributed by atoms with E-state index >= 15 is 0 Å². The molecule has 168 valence electrons. The van der Waals surface area contributed by atoms with E-state index in [1.54, 1.807) is 30.3 Å². The number of nitrogens with one attached hydrogen (secondary N) is 1. The highest BCUT2D eigenvalue weighted by atomic mass is 19.4. The van der Waals surface area contributed by atoms with Gasteiger partial charge in [0.15, 0.2) is 5.75 Å². The quantitative estimate of drug-likeness (QED) is 0.456. The van der Waals surface area contributed by atoms with Crippen molar-refractivity contribution in [1.29, 1.82) is 0 Å². The summed E-state index contributed by atoms with van der Waals surface area (Å²) in [5.41, 5.74) is -0.148. The average molecular weight is 445 g/mol. The molecular weight excluding hydrogens is 423 g/mol. The lowest BCUT2D eigenvalue weighted by Gasteiger charge is -2.16. The molecule has 1 amide bonds. The summed E-state index contributed by atoms with van der Waals surface area (Å²) >= 11 is 0. The SMILES string of the molecule is COc1cccc(Oc2ccc(C(F)(F)F)cc2NC(=O)CCc2ccccc2OC)c1. The number of para-hydroxylation sites is 1. The van der Waals surface area contributed by atoms with E-state index in [4.69, 9.17) is 14.2 Å². The Morgan fingerprint density at radius 1 is 0.875 bits per heavy atom. The van der Waals surface area contributed by atoms with Crippen LogP contribution in [0.1, 0.15) is 17.5 Å². The monoisotopic (exact) mass is 445 g/mol. The van der Waals surface area contributed by atoms with Gasteiger partial charge in [0.1, 0.15) is 17.2 Å². The summed E-state index contributed by atoms with van der Waals surface area (Å²) in [5, 5.41) is 2.54. The lowest BCUT2D eigenvalue weighted by Crippen LogP contribution is -2.14. The fraction of sp³-hybridized carbons (Fsp3) is 0.208. The van der Waals surface area contributed by atoms with Gasteiger partial charge in [0.25, 0.3) is 0 Å². The Morgan fingerprint density at radius 2 is 1.62 bits per heavy atom. The van der Waals surface area contributed by atoms with Gasteiger partial charge in [-0.15, -0.1) is 0 Å². The third kappa shape index (κ3) is 5.94. The number of methoxy groups -OCH3 is 2. The molecular formula is C24H22F3NO4. The molecule has 0 radical (unpaired) electrons. The van der Waals surface area contributed by atoms with Crippen LogP contribution in [0, 0.1) is 0 Å². The van der Waals surface area contributed by atoms with Crippen LogP contribution >= 0.6 is 0 Å². The lowest BCUT2D eigenvalue weighted by molar-refractivity contribution is -0.137. The molecule has 5 nitrogen and oxygen atoms in total. The number of amides is 1. The Morgan fingerprint density at radius 3 is 2.34 bits per heavy atom. The first-order chi connectivity index (χ1) is 15.3. The molecule has 0 heterocycles. The van der Waals surface area contributed by atoms with Crippen molar-refractivity contribution in [2.24, 2.45) is 0 Å². The van der Waals surface area contributed by atoms with Crippen molar-refractivity contribution in [3.8, 4) is 23.0 Å². The van der Waals surface area contributed by atoms with Crippen LogP contribution in [-0.2, 0) is 17.4 Å². The van der Waals surface area contributed by atoms with Crippen molar-refractivity contribution >= 4 is 11.6 Å². The van der Waals surface area contributed by atoms with Crippen LogP contribution in [0.15, 0.2) is 66.7 Å². The summed E-state index contributed by atoms with van der Waals surface area (Å²) < 4.78 is 55.8. The van der Waals surface area contributed by atoms with Gasteiger partial charge in [0.2, 0.25) is 5.91 Å². The van der Waals surface area contributed by atoms with E-state index < -0.39 is 17.6 Å². The topological polar surface area (TPSA) is 56.8 Å². The number of halogens is 3. The first-order valence-corrected chi connectivity index (χ1v) is 9.75. The standard InChI is InChI=1S/C24H22F3NO4/c1-30-18-7-5-8-19(15-18)32-22-12-11-17(24(25,26)27)14-20(22)28-23(29)13-10-16-6-3-4-9-21(16)31-2/h3-9,11-12,14-15H,10,13H2,1-2H3,(H,28,29). The minimum absolute atomic E-state index is 0.0508. The molecule has 0 unspecified atom stereocenters. The molecule has 0 aliphatic carbocycles. The zero-order valence-corrected chi connectivity index (χ0v) is 17.5. The van der Waals surface area contributed by atoms with Crippen LogP contribution in [0.25, 0.3) is 0 Å². The van der Waals surface area contributed by atoms with Gasteiger partial charge in [0.05, 0.1) is 25.5 Å². The number of hydrogen-bond donors (Lipinski definition) is 1. The molecule has 0 atom stereocenters. The maximum absolute atomic E-state index is 13.2.